The first kappa shape index (κ1) is 8.06. The molecule has 0 heterocycles. The van der Waals surface area contributed by atoms with Gasteiger partial charge in [-0.3, -0.25) is 0 Å². The summed E-state index contributed by atoms with van der Waals surface area (Å²) < 4.78 is 0. The summed E-state index contributed by atoms with van der Waals surface area (Å²) in [6, 6.07) is 0.794. The summed E-state index contributed by atoms with van der Waals surface area (Å²) in [6.07, 6.45) is 5.84. The molecule has 1 nitrogen and oxygen atoms in total. The molecule has 1 fully saturated rings. The van der Waals surface area contributed by atoms with E-state index in [1.807, 2.05) is 0 Å². The van der Waals surface area contributed by atoms with E-state index >= 15 is 0 Å². The minimum Gasteiger partial charge on any atom is -0.306 e. The zero-order valence-electron chi connectivity index (χ0n) is 7.43. The first-order valence-electron chi connectivity index (χ1n) is 4.38. The Morgan fingerprint density at radius 2 is 1.70 bits per heavy atom. The molecule has 1 aliphatic carbocycles. The molecule has 1 saturated carbocycles. The van der Waals surface area contributed by atoms with E-state index in [1.165, 1.54) is 25.7 Å². The summed E-state index contributed by atoms with van der Waals surface area (Å²) >= 11 is 0. The molecule has 0 aromatic heterocycles. The highest BCUT2D eigenvalue weighted by molar-refractivity contribution is 4.76. The normalized spacial score (nSPS) is 24.0. The van der Waals surface area contributed by atoms with Gasteiger partial charge >= 0.3 is 0 Å². The highest BCUT2D eigenvalue weighted by Gasteiger charge is 2.22. The highest BCUT2D eigenvalue weighted by Crippen LogP contribution is 2.28. The van der Waals surface area contributed by atoms with Crippen LogP contribution in [-0.4, -0.2) is 25.0 Å². The number of hydrogen-bond donors (Lipinski definition) is 0. The highest BCUT2D eigenvalue weighted by atomic mass is 15.1. The first-order valence-corrected chi connectivity index (χ1v) is 4.38. The molecule has 0 saturated heterocycles. The monoisotopic (exact) mass is 141 g/mol. The van der Waals surface area contributed by atoms with Gasteiger partial charge in [-0.1, -0.05) is 12.8 Å². The molecule has 60 valence electrons. The van der Waals surface area contributed by atoms with Crippen LogP contribution in [0.3, 0.4) is 0 Å². The van der Waals surface area contributed by atoms with Crippen LogP contribution in [0.25, 0.3) is 0 Å². The average molecular weight is 141 g/mol. The van der Waals surface area contributed by atoms with Crippen molar-refractivity contribution >= 4 is 0 Å². The van der Waals surface area contributed by atoms with Crippen LogP contribution in [0.5, 0.6) is 0 Å². The Kier molecular flexibility index (Phi) is 2.72. The van der Waals surface area contributed by atoms with Crippen LogP contribution in [0.4, 0.5) is 0 Å². The van der Waals surface area contributed by atoms with Crippen molar-refractivity contribution in [2.75, 3.05) is 14.1 Å². The summed E-state index contributed by atoms with van der Waals surface area (Å²) in [7, 11) is 4.37. The lowest BCUT2D eigenvalue weighted by atomic mass is 9.99. The lowest BCUT2D eigenvalue weighted by molar-refractivity contribution is 0.230. The van der Waals surface area contributed by atoms with Gasteiger partial charge in [0.15, 0.2) is 0 Å². The Balaban J connectivity index is 2.32. The molecule has 0 bridgehead atoms. The van der Waals surface area contributed by atoms with E-state index in [0.717, 1.165) is 12.0 Å². The summed E-state index contributed by atoms with van der Waals surface area (Å²) in [5.74, 6) is 0.981. The van der Waals surface area contributed by atoms with Gasteiger partial charge in [-0.2, -0.15) is 0 Å². The second kappa shape index (κ2) is 3.38. The fraction of sp³-hybridized carbons (Fsp3) is 1.00. The third-order valence-electron chi connectivity index (χ3n) is 2.90. The quantitative estimate of drug-likeness (QED) is 0.569. The van der Waals surface area contributed by atoms with Crippen LogP contribution in [0.1, 0.15) is 32.6 Å². The lowest BCUT2D eigenvalue weighted by Gasteiger charge is -2.25. The largest absolute Gasteiger partial charge is 0.306 e. The summed E-state index contributed by atoms with van der Waals surface area (Å²) in [4.78, 5) is 2.34. The molecule has 1 heteroatoms. The van der Waals surface area contributed by atoms with Gasteiger partial charge in [-0.05, 0) is 39.8 Å². The van der Waals surface area contributed by atoms with Crippen LogP contribution in [0.2, 0.25) is 0 Å². The van der Waals surface area contributed by atoms with Crippen molar-refractivity contribution < 1.29 is 0 Å². The van der Waals surface area contributed by atoms with E-state index in [4.69, 9.17) is 0 Å². The Morgan fingerprint density at radius 3 is 2.10 bits per heavy atom. The smallest absolute Gasteiger partial charge is 0.00891 e. The predicted molar refractivity (Wildman–Crippen MR) is 45.1 cm³/mol. The Hall–Kier alpha value is -0.0400. The standard InChI is InChI=1S/C9H19N/c1-8(10(2)3)9-6-4-5-7-9/h8-9H,4-7H2,1-3H3. The summed E-state index contributed by atoms with van der Waals surface area (Å²) in [5.41, 5.74) is 0. The topological polar surface area (TPSA) is 3.24 Å². The predicted octanol–water partition coefficient (Wildman–Crippen LogP) is 2.13. The Morgan fingerprint density at radius 1 is 1.20 bits per heavy atom. The van der Waals surface area contributed by atoms with Gasteiger partial charge < -0.3 is 4.90 Å². The minimum absolute atomic E-state index is 0.794. The number of nitrogens with zero attached hydrogens (tertiary/aromatic N) is 1. The van der Waals surface area contributed by atoms with Crippen molar-refractivity contribution in [3.05, 3.63) is 0 Å². The molecule has 0 N–H and O–H groups in total. The van der Waals surface area contributed by atoms with Gasteiger partial charge in [0, 0.05) is 6.04 Å². The Bertz CT molecular complexity index is 92.9. The molecule has 1 atom stereocenters. The fourth-order valence-electron chi connectivity index (χ4n) is 1.86. The van der Waals surface area contributed by atoms with Gasteiger partial charge in [0.25, 0.3) is 0 Å². The molecule has 1 rings (SSSR count). The van der Waals surface area contributed by atoms with Crippen molar-refractivity contribution in [2.24, 2.45) is 5.92 Å². The van der Waals surface area contributed by atoms with Crippen molar-refractivity contribution in [2.45, 2.75) is 38.6 Å². The molecule has 0 amide bonds. The SMILES string of the molecule is CC(C1CCCC1)N(C)C. The molecule has 1 unspecified atom stereocenters. The molecule has 10 heavy (non-hydrogen) atoms. The second-order valence-electron chi connectivity index (χ2n) is 3.75. The van der Waals surface area contributed by atoms with Gasteiger partial charge in [0.2, 0.25) is 0 Å². The summed E-state index contributed by atoms with van der Waals surface area (Å²) in [6.45, 7) is 2.34. The van der Waals surface area contributed by atoms with E-state index in [2.05, 4.69) is 25.9 Å². The van der Waals surface area contributed by atoms with E-state index in [-0.39, 0.29) is 0 Å². The average Bonchev–Trinajstić information content (AvgIpc) is 2.36. The fourth-order valence-corrected chi connectivity index (χ4v) is 1.86. The molecule has 0 aromatic carbocycles. The zero-order chi connectivity index (χ0) is 7.56. The molecule has 0 aliphatic heterocycles. The van der Waals surface area contributed by atoms with Crippen LogP contribution in [0, 0.1) is 5.92 Å². The van der Waals surface area contributed by atoms with Crippen molar-refractivity contribution in [3.63, 3.8) is 0 Å². The van der Waals surface area contributed by atoms with E-state index in [9.17, 15) is 0 Å². The Labute approximate surface area is 64.4 Å². The van der Waals surface area contributed by atoms with Gasteiger partial charge in [-0.25, -0.2) is 0 Å². The summed E-state index contributed by atoms with van der Waals surface area (Å²) in [5, 5.41) is 0. The third kappa shape index (κ3) is 1.72. The van der Waals surface area contributed by atoms with Gasteiger partial charge in [0.1, 0.15) is 0 Å². The molecular formula is C9H19N. The van der Waals surface area contributed by atoms with Crippen molar-refractivity contribution in [3.8, 4) is 0 Å². The first-order chi connectivity index (χ1) is 4.72. The third-order valence-corrected chi connectivity index (χ3v) is 2.90. The number of hydrogen-bond acceptors (Lipinski definition) is 1. The van der Waals surface area contributed by atoms with Gasteiger partial charge in [0.05, 0.1) is 0 Å². The van der Waals surface area contributed by atoms with Crippen LogP contribution in [-0.2, 0) is 0 Å². The molecular weight excluding hydrogens is 122 g/mol. The molecule has 1 aliphatic rings. The maximum atomic E-state index is 2.34. The maximum absolute atomic E-state index is 2.34. The van der Waals surface area contributed by atoms with Crippen LogP contribution < -0.4 is 0 Å². The second-order valence-corrected chi connectivity index (χ2v) is 3.75. The van der Waals surface area contributed by atoms with E-state index in [0.29, 0.717) is 0 Å². The van der Waals surface area contributed by atoms with Crippen molar-refractivity contribution in [1.29, 1.82) is 0 Å². The minimum atomic E-state index is 0.794. The number of rotatable bonds is 2. The van der Waals surface area contributed by atoms with Crippen LogP contribution >= 0.6 is 0 Å². The zero-order valence-corrected chi connectivity index (χ0v) is 7.43. The maximum Gasteiger partial charge on any atom is 0.00891 e. The lowest BCUT2D eigenvalue weighted by Crippen LogP contribution is -2.30. The van der Waals surface area contributed by atoms with E-state index < -0.39 is 0 Å². The van der Waals surface area contributed by atoms with Crippen LogP contribution in [0.15, 0.2) is 0 Å². The molecule has 0 aromatic rings. The van der Waals surface area contributed by atoms with Gasteiger partial charge in [-0.15, -0.1) is 0 Å². The van der Waals surface area contributed by atoms with E-state index in [1.54, 1.807) is 0 Å². The van der Waals surface area contributed by atoms with Crippen molar-refractivity contribution in [1.82, 2.24) is 4.90 Å². The molecule has 0 radical (unpaired) electrons. The molecule has 0 spiro atoms.